The Morgan fingerprint density at radius 2 is 1.45 bits per heavy atom. The molecule has 0 N–H and O–H groups in total. The van der Waals surface area contributed by atoms with Crippen molar-refractivity contribution in [1.29, 1.82) is 0 Å². The highest BCUT2D eigenvalue weighted by molar-refractivity contribution is 5.63. The van der Waals surface area contributed by atoms with Crippen molar-refractivity contribution in [3.63, 3.8) is 0 Å². The molecule has 176 valence electrons. The molecule has 0 unspecified atom stereocenters. The van der Waals surface area contributed by atoms with Crippen LogP contribution in [0.1, 0.15) is 84.6 Å². The second-order valence-corrected chi connectivity index (χ2v) is 11.4. The van der Waals surface area contributed by atoms with Gasteiger partial charge in [0.2, 0.25) is 0 Å². The third kappa shape index (κ3) is 6.09. The minimum absolute atomic E-state index is 0.356. The van der Waals surface area contributed by atoms with E-state index in [0.29, 0.717) is 16.7 Å². The maximum Gasteiger partial charge on any atom is 0.162 e. The second kappa shape index (κ2) is 10.0. The molecule has 0 aromatic heterocycles. The molecule has 1 aliphatic heterocycles. The van der Waals surface area contributed by atoms with E-state index in [2.05, 4.69) is 56.6 Å². The summed E-state index contributed by atoms with van der Waals surface area (Å²) in [5, 5.41) is 0. The van der Waals surface area contributed by atoms with Crippen molar-refractivity contribution in [1.82, 2.24) is 4.90 Å². The molecule has 0 radical (unpaired) electrons. The SMILES string of the molecule is CCCCCN1CCN(c2cc(OC)c(OC)cc2C2CC(C)(C)CC(C)(C)C2)CC1. The molecule has 1 saturated heterocycles. The highest BCUT2D eigenvalue weighted by atomic mass is 16.5. The van der Waals surface area contributed by atoms with E-state index >= 15 is 0 Å². The highest BCUT2D eigenvalue weighted by Gasteiger charge is 2.40. The third-order valence-electron chi connectivity index (χ3n) is 7.32. The molecule has 0 atom stereocenters. The van der Waals surface area contributed by atoms with Crippen molar-refractivity contribution in [2.75, 3.05) is 51.8 Å². The number of hydrogen-bond acceptors (Lipinski definition) is 4. The van der Waals surface area contributed by atoms with Crippen LogP contribution in [0.4, 0.5) is 5.69 Å². The lowest BCUT2D eigenvalue weighted by Crippen LogP contribution is -2.47. The van der Waals surface area contributed by atoms with Crippen LogP contribution in [0, 0.1) is 10.8 Å². The molecule has 3 rings (SSSR count). The first-order chi connectivity index (χ1) is 14.7. The average Bonchev–Trinajstić information content (AvgIpc) is 2.71. The Labute approximate surface area is 191 Å². The van der Waals surface area contributed by atoms with Gasteiger partial charge in [-0.15, -0.1) is 0 Å². The zero-order chi connectivity index (χ0) is 22.6. The van der Waals surface area contributed by atoms with Gasteiger partial charge in [-0.25, -0.2) is 0 Å². The zero-order valence-electron chi connectivity index (χ0n) is 21.2. The number of benzene rings is 1. The second-order valence-electron chi connectivity index (χ2n) is 11.4. The Kier molecular flexibility index (Phi) is 7.83. The van der Waals surface area contributed by atoms with E-state index in [-0.39, 0.29) is 0 Å². The van der Waals surface area contributed by atoms with Crippen molar-refractivity contribution in [2.45, 2.75) is 79.1 Å². The molecule has 4 heteroatoms. The van der Waals surface area contributed by atoms with Gasteiger partial charge in [-0.3, -0.25) is 4.90 Å². The van der Waals surface area contributed by atoms with E-state index in [0.717, 1.165) is 37.7 Å². The molecule has 2 aliphatic rings. The number of unbranched alkanes of at least 4 members (excludes halogenated alkanes) is 2. The van der Waals surface area contributed by atoms with E-state index in [1.807, 2.05) is 0 Å². The summed E-state index contributed by atoms with van der Waals surface area (Å²) in [6.45, 7) is 17.8. The normalized spacial score (nSPS) is 21.8. The summed E-state index contributed by atoms with van der Waals surface area (Å²) in [5.74, 6) is 2.26. The van der Waals surface area contributed by atoms with E-state index in [1.54, 1.807) is 14.2 Å². The smallest absolute Gasteiger partial charge is 0.162 e. The van der Waals surface area contributed by atoms with Crippen molar-refractivity contribution in [2.24, 2.45) is 10.8 Å². The molecule has 0 bridgehead atoms. The van der Waals surface area contributed by atoms with Crippen molar-refractivity contribution in [3.8, 4) is 11.5 Å². The van der Waals surface area contributed by atoms with Crippen LogP contribution in [-0.2, 0) is 0 Å². The van der Waals surface area contributed by atoms with Crippen LogP contribution in [0.3, 0.4) is 0 Å². The number of hydrogen-bond donors (Lipinski definition) is 0. The van der Waals surface area contributed by atoms with Crippen LogP contribution in [0.5, 0.6) is 11.5 Å². The van der Waals surface area contributed by atoms with Gasteiger partial charge in [-0.2, -0.15) is 0 Å². The Morgan fingerprint density at radius 3 is 2.00 bits per heavy atom. The topological polar surface area (TPSA) is 24.9 Å². The molecule has 1 aromatic rings. The molecule has 0 amide bonds. The lowest BCUT2D eigenvalue weighted by molar-refractivity contribution is 0.0968. The van der Waals surface area contributed by atoms with Gasteiger partial charge in [0.25, 0.3) is 0 Å². The Morgan fingerprint density at radius 1 is 0.871 bits per heavy atom. The summed E-state index contributed by atoms with van der Waals surface area (Å²) in [5.41, 5.74) is 3.53. The van der Waals surface area contributed by atoms with Crippen molar-refractivity contribution < 1.29 is 9.47 Å². The minimum Gasteiger partial charge on any atom is -0.493 e. The number of ether oxygens (including phenoxy) is 2. The molecule has 2 fully saturated rings. The van der Waals surface area contributed by atoms with E-state index in [9.17, 15) is 0 Å². The van der Waals surface area contributed by atoms with Crippen molar-refractivity contribution >= 4 is 5.69 Å². The fourth-order valence-corrected chi connectivity index (χ4v) is 6.35. The average molecular weight is 431 g/mol. The van der Waals surface area contributed by atoms with Crippen molar-refractivity contribution in [3.05, 3.63) is 17.7 Å². The molecule has 1 saturated carbocycles. The summed E-state index contributed by atoms with van der Waals surface area (Å²) >= 11 is 0. The standard InChI is InChI=1S/C27H46N2O2/c1-8-9-10-11-28-12-14-29(15-13-28)23-17-25(31-7)24(30-6)16-22(23)21-18-26(2,3)20-27(4,5)19-21/h16-17,21H,8-15,18-20H2,1-7H3. The maximum atomic E-state index is 5.73. The molecule has 1 aliphatic carbocycles. The van der Waals surface area contributed by atoms with Gasteiger partial charge in [0.05, 0.1) is 14.2 Å². The van der Waals surface area contributed by atoms with Gasteiger partial charge >= 0.3 is 0 Å². The quantitative estimate of drug-likeness (QED) is 0.450. The summed E-state index contributed by atoms with van der Waals surface area (Å²) in [7, 11) is 3.50. The first kappa shape index (κ1) is 24.2. The Balaban J connectivity index is 1.87. The molecule has 1 aromatic carbocycles. The van der Waals surface area contributed by atoms with Gasteiger partial charge in [-0.05, 0) is 60.6 Å². The van der Waals surface area contributed by atoms with Gasteiger partial charge in [0.1, 0.15) is 0 Å². The first-order valence-electron chi connectivity index (χ1n) is 12.4. The molecule has 0 spiro atoms. The summed E-state index contributed by atoms with van der Waals surface area (Å²) < 4.78 is 11.5. The fourth-order valence-electron chi connectivity index (χ4n) is 6.35. The van der Waals surface area contributed by atoms with Crippen LogP contribution >= 0.6 is 0 Å². The van der Waals surface area contributed by atoms with Crippen LogP contribution in [0.15, 0.2) is 12.1 Å². The predicted octanol–water partition coefficient (Wildman–Crippen LogP) is 6.34. The monoisotopic (exact) mass is 430 g/mol. The van der Waals surface area contributed by atoms with E-state index in [1.165, 1.54) is 56.3 Å². The Hall–Kier alpha value is -1.42. The van der Waals surface area contributed by atoms with Crippen LogP contribution < -0.4 is 14.4 Å². The lowest BCUT2D eigenvalue weighted by Gasteiger charge is -2.46. The maximum absolute atomic E-state index is 5.73. The molecule has 4 nitrogen and oxygen atoms in total. The summed E-state index contributed by atoms with van der Waals surface area (Å²) in [4.78, 5) is 5.24. The largest absolute Gasteiger partial charge is 0.493 e. The highest BCUT2D eigenvalue weighted by Crippen LogP contribution is 2.54. The van der Waals surface area contributed by atoms with Gasteiger partial charge < -0.3 is 14.4 Å². The van der Waals surface area contributed by atoms with E-state index < -0.39 is 0 Å². The van der Waals surface area contributed by atoms with Crippen LogP contribution in [0.25, 0.3) is 0 Å². The lowest BCUT2D eigenvalue weighted by atomic mass is 9.60. The van der Waals surface area contributed by atoms with Crippen LogP contribution in [-0.4, -0.2) is 51.8 Å². The number of piperazine rings is 1. The summed E-state index contributed by atoms with van der Waals surface area (Å²) in [6.07, 6.45) is 7.71. The Bertz CT molecular complexity index is 704. The summed E-state index contributed by atoms with van der Waals surface area (Å²) in [6, 6.07) is 4.53. The third-order valence-corrected chi connectivity index (χ3v) is 7.32. The minimum atomic E-state index is 0.356. The first-order valence-corrected chi connectivity index (χ1v) is 12.4. The predicted molar refractivity (Wildman–Crippen MR) is 132 cm³/mol. The van der Waals surface area contributed by atoms with Gasteiger partial charge in [0, 0.05) is 37.9 Å². The fraction of sp³-hybridized carbons (Fsp3) is 0.778. The number of nitrogens with zero attached hydrogens (tertiary/aromatic N) is 2. The molecule has 31 heavy (non-hydrogen) atoms. The van der Waals surface area contributed by atoms with E-state index in [4.69, 9.17) is 9.47 Å². The molecule has 1 heterocycles. The molecular weight excluding hydrogens is 384 g/mol. The number of methoxy groups -OCH3 is 2. The molecular formula is C27H46N2O2. The number of anilines is 1. The number of rotatable bonds is 8. The van der Waals surface area contributed by atoms with Gasteiger partial charge in [0.15, 0.2) is 11.5 Å². The van der Waals surface area contributed by atoms with Crippen LogP contribution in [0.2, 0.25) is 0 Å². The zero-order valence-corrected chi connectivity index (χ0v) is 21.2. The van der Waals surface area contributed by atoms with Gasteiger partial charge in [-0.1, -0.05) is 47.5 Å².